The molecule has 0 atom stereocenters. The van der Waals surface area contributed by atoms with E-state index < -0.39 is 26.6 Å². The molecule has 2 aromatic carbocycles. The molecule has 0 amide bonds. The normalized spacial score (nSPS) is 11.7. The fourth-order valence-corrected chi connectivity index (χ4v) is 4.76. The average molecular weight is 415 g/mol. The number of thiazole rings is 1. The standard InChI is InChI=1S/C17H13ClF2N2O2S2/c1-10-15(25-17(22-10)12-4-2-3-5-13(12)18)9-21-26(23,24)16-8-11(19)6-7-14(16)20/h2-8,21H,9H2,1H3. The Kier molecular flexibility index (Phi) is 5.38. The topological polar surface area (TPSA) is 59.1 Å². The van der Waals surface area contributed by atoms with Crippen LogP contribution >= 0.6 is 22.9 Å². The van der Waals surface area contributed by atoms with Crippen molar-refractivity contribution in [1.82, 2.24) is 9.71 Å². The SMILES string of the molecule is Cc1nc(-c2ccccc2Cl)sc1CNS(=O)(=O)c1cc(F)ccc1F. The van der Waals surface area contributed by atoms with Crippen molar-refractivity contribution in [3.63, 3.8) is 0 Å². The molecule has 0 unspecified atom stereocenters. The lowest BCUT2D eigenvalue weighted by Gasteiger charge is -2.07. The summed E-state index contributed by atoms with van der Waals surface area (Å²) in [5.74, 6) is -1.85. The summed E-state index contributed by atoms with van der Waals surface area (Å²) in [6.45, 7) is 1.65. The lowest BCUT2D eigenvalue weighted by atomic mass is 10.2. The van der Waals surface area contributed by atoms with E-state index in [4.69, 9.17) is 11.6 Å². The van der Waals surface area contributed by atoms with Crippen LogP contribution in [0.25, 0.3) is 10.6 Å². The molecule has 3 rings (SSSR count). The summed E-state index contributed by atoms with van der Waals surface area (Å²) in [6.07, 6.45) is 0. The van der Waals surface area contributed by atoms with Crippen molar-refractivity contribution in [2.24, 2.45) is 0 Å². The number of nitrogens with zero attached hydrogens (tertiary/aromatic N) is 1. The predicted molar refractivity (Wildman–Crippen MR) is 97.7 cm³/mol. The molecule has 9 heteroatoms. The smallest absolute Gasteiger partial charge is 0.241 e. The van der Waals surface area contributed by atoms with Crippen molar-refractivity contribution in [3.8, 4) is 10.6 Å². The van der Waals surface area contributed by atoms with Gasteiger partial charge in [-0.2, -0.15) is 0 Å². The summed E-state index contributed by atoms with van der Waals surface area (Å²) in [6, 6.07) is 9.46. The summed E-state index contributed by atoms with van der Waals surface area (Å²) >= 11 is 7.44. The van der Waals surface area contributed by atoms with Crippen LogP contribution in [0.15, 0.2) is 47.4 Å². The molecule has 1 heterocycles. The largest absolute Gasteiger partial charge is 0.243 e. The maximum absolute atomic E-state index is 13.7. The highest BCUT2D eigenvalue weighted by Gasteiger charge is 2.21. The Labute approximate surface area is 158 Å². The molecule has 0 fully saturated rings. The second-order valence-corrected chi connectivity index (χ2v) is 8.63. The molecule has 0 saturated carbocycles. The van der Waals surface area contributed by atoms with Crippen LogP contribution in [0.3, 0.4) is 0 Å². The fraction of sp³-hybridized carbons (Fsp3) is 0.118. The predicted octanol–water partition coefficient (Wildman–Crippen LogP) is 4.53. The molecule has 0 radical (unpaired) electrons. The highest BCUT2D eigenvalue weighted by Crippen LogP contribution is 2.32. The van der Waals surface area contributed by atoms with Gasteiger partial charge in [0.2, 0.25) is 10.0 Å². The second-order valence-electron chi connectivity index (χ2n) is 5.41. The van der Waals surface area contributed by atoms with E-state index in [2.05, 4.69) is 9.71 Å². The summed E-state index contributed by atoms with van der Waals surface area (Å²) in [5.41, 5.74) is 1.37. The van der Waals surface area contributed by atoms with Gasteiger partial charge < -0.3 is 0 Å². The molecule has 1 N–H and O–H groups in total. The number of aromatic nitrogens is 1. The zero-order chi connectivity index (χ0) is 18.9. The Morgan fingerprint density at radius 3 is 2.65 bits per heavy atom. The Morgan fingerprint density at radius 1 is 1.19 bits per heavy atom. The van der Waals surface area contributed by atoms with Gasteiger partial charge in [-0.1, -0.05) is 29.8 Å². The van der Waals surface area contributed by atoms with Crippen LogP contribution in [-0.4, -0.2) is 13.4 Å². The molecule has 0 bridgehead atoms. The molecule has 0 aliphatic carbocycles. The summed E-state index contributed by atoms with van der Waals surface area (Å²) in [7, 11) is -4.20. The molecular weight excluding hydrogens is 402 g/mol. The first kappa shape index (κ1) is 18.9. The Hall–Kier alpha value is -1.87. The van der Waals surface area contributed by atoms with Gasteiger partial charge in [-0.25, -0.2) is 26.9 Å². The number of rotatable bonds is 5. The van der Waals surface area contributed by atoms with Crippen molar-refractivity contribution < 1.29 is 17.2 Å². The molecule has 1 aromatic heterocycles. The van der Waals surface area contributed by atoms with Gasteiger partial charge in [0.15, 0.2) is 0 Å². The highest BCUT2D eigenvalue weighted by molar-refractivity contribution is 7.89. The number of hydrogen-bond donors (Lipinski definition) is 1. The van der Waals surface area contributed by atoms with Crippen LogP contribution in [0, 0.1) is 18.6 Å². The van der Waals surface area contributed by atoms with Gasteiger partial charge in [0.05, 0.1) is 10.7 Å². The van der Waals surface area contributed by atoms with E-state index in [-0.39, 0.29) is 6.54 Å². The Balaban J connectivity index is 1.84. The van der Waals surface area contributed by atoms with Crippen molar-refractivity contribution in [2.75, 3.05) is 0 Å². The van der Waals surface area contributed by atoms with Crippen LogP contribution in [0.2, 0.25) is 5.02 Å². The first-order valence-electron chi connectivity index (χ1n) is 7.44. The lowest BCUT2D eigenvalue weighted by molar-refractivity contribution is 0.546. The molecule has 0 saturated heterocycles. The summed E-state index contributed by atoms with van der Waals surface area (Å²) in [5, 5.41) is 1.19. The molecule has 0 aliphatic rings. The van der Waals surface area contributed by atoms with Gasteiger partial charge in [0.25, 0.3) is 0 Å². The van der Waals surface area contributed by atoms with Crippen molar-refractivity contribution in [2.45, 2.75) is 18.4 Å². The molecule has 3 aromatic rings. The minimum absolute atomic E-state index is 0.0910. The zero-order valence-electron chi connectivity index (χ0n) is 13.5. The minimum atomic E-state index is -4.20. The quantitative estimate of drug-likeness (QED) is 0.667. The van der Waals surface area contributed by atoms with Crippen molar-refractivity contribution in [3.05, 3.63) is 69.7 Å². The molecule has 4 nitrogen and oxygen atoms in total. The van der Waals surface area contributed by atoms with Crippen molar-refractivity contribution in [1.29, 1.82) is 0 Å². The molecular formula is C17H13ClF2N2O2S2. The van der Waals surface area contributed by atoms with Gasteiger partial charge >= 0.3 is 0 Å². The monoisotopic (exact) mass is 414 g/mol. The van der Waals surface area contributed by atoms with Gasteiger partial charge in [0.1, 0.15) is 21.5 Å². The van der Waals surface area contributed by atoms with Crippen LogP contribution in [0.1, 0.15) is 10.6 Å². The lowest BCUT2D eigenvalue weighted by Crippen LogP contribution is -2.24. The molecule has 26 heavy (non-hydrogen) atoms. The first-order chi connectivity index (χ1) is 12.3. The van der Waals surface area contributed by atoms with Gasteiger partial charge in [-0.3, -0.25) is 0 Å². The van der Waals surface area contributed by atoms with E-state index >= 15 is 0 Å². The van der Waals surface area contributed by atoms with E-state index in [1.165, 1.54) is 11.3 Å². The van der Waals surface area contributed by atoms with E-state index in [0.717, 1.165) is 17.7 Å². The average Bonchev–Trinajstić information content (AvgIpc) is 2.96. The van der Waals surface area contributed by atoms with E-state index in [1.807, 2.05) is 12.1 Å². The van der Waals surface area contributed by atoms with Crippen LogP contribution < -0.4 is 4.72 Å². The number of nitrogens with one attached hydrogen (secondary N) is 1. The Morgan fingerprint density at radius 2 is 1.92 bits per heavy atom. The van der Waals surface area contributed by atoms with E-state index in [1.54, 1.807) is 19.1 Å². The van der Waals surface area contributed by atoms with E-state index in [0.29, 0.717) is 26.7 Å². The van der Waals surface area contributed by atoms with E-state index in [9.17, 15) is 17.2 Å². The maximum Gasteiger partial charge on any atom is 0.243 e. The van der Waals surface area contributed by atoms with Gasteiger partial charge in [-0.15, -0.1) is 11.3 Å². The minimum Gasteiger partial charge on any atom is -0.241 e. The Bertz CT molecular complexity index is 1070. The maximum atomic E-state index is 13.7. The first-order valence-corrected chi connectivity index (χ1v) is 10.1. The third-order valence-corrected chi connectivity index (χ3v) is 6.54. The second kappa shape index (κ2) is 7.40. The van der Waals surface area contributed by atoms with Crippen LogP contribution in [-0.2, 0) is 16.6 Å². The third-order valence-electron chi connectivity index (χ3n) is 3.60. The number of sulfonamides is 1. The molecule has 0 spiro atoms. The fourth-order valence-electron chi connectivity index (χ4n) is 2.26. The molecule has 0 aliphatic heterocycles. The van der Waals surface area contributed by atoms with Gasteiger partial charge in [0, 0.05) is 17.0 Å². The highest BCUT2D eigenvalue weighted by atomic mass is 35.5. The molecule has 136 valence electrons. The number of halogens is 3. The number of benzene rings is 2. The summed E-state index contributed by atoms with van der Waals surface area (Å²) in [4.78, 5) is 4.33. The van der Waals surface area contributed by atoms with Crippen LogP contribution in [0.5, 0.6) is 0 Å². The zero-order valence-corrected chi connectivity index (χ0v) is 15.9. The number of aryl methyl sites for hydroxylation is 1. The van der Waals surface area contributed by atoms with Crippen LogP contribution in [0.4, 0.5) is 8.78 Å². The van der Waals surface area contributed by atoms with Crippen molar-refractivity contribution >= 4 is 33.0 Å². The third kappa shape index (κ3) is 3.93. The van der Waals surface area contributed by atoms with Gasteiger partial charge in [-0.05, 0) is 31.2 Å². The number of hydrogen-bond acceptors (Lipinski definition) is 4. The summed E-state index contributed by atoms with van der Waals surface area (Å²) < 4.78 is 53.8.